The molecule has 0 spiro atoms. The fourth-order valence-corrected chi connectivity index (χ4v) is 3.65. The minimum atomic E-state index is -0.614. The van der Waals surface area contributed by atoms with Crippen LogP contribution in [0.5, 0.6) is 0 Å². The van der Waals surface area contributed by atoms with Gasteiger partial charge in [0.1, 0.15) is 0 Å². The van der Waals surface area contributed by atoms with E-state index in [9.17, 15) is 14.4 Å². The number of ether oxygens (including phenoxy) is 2. The second-order valence-corrected chi connectivity index (χ2v) is 6.82. The summed E-state index contributed by atoms with van der Waals surface area (Å²) in [4.78, 5) is 40.7. The summed E-state index contributed by atoms with van der Waals surface area (Å²) in [5.74, 6) is -0.430. The van der Waals surface area contributed by atoms with Gasteiger partial charge in [-0.2, -0.15) is 0 Å². The molecule has 8 heteroatoms. The van der Waals surface area contributed by atoms with Gasteiger partial charge in [-0.1, -0.05) is 0 Å². The minimum Gasteiger partial charge on any atom is -0.439 e. The molecule has 1 unspecified atom stereocenters. The Labute approximate surface area is 151 Å². The Bertz CT molecular complexity index is 713. The Balaban J connectivity index is 1.35. The third-order valence-electron chi connectivity index (χ3n) is 5.26. The SMILES string of the molecule is COC1CCN(c2ccc(C(=O)N3CC(N4C(=O)COC4=O)C3)cc2)C1. The largest absolute Gasteiger partial charge is 0.439 e. The van der Waals surface area contributed by atoms with Gasteiger partial charge < -0.3 is 19.3 Å². The molecule has 3 aliphatic rings. The van der Waals surface area contributed by atoms with E-state index in [1.807, 2.05) is 24.3 Å². The van der Waals surface area contributed by atoms with E-state index in [1.54, 1.807) is 12.0 Å². The molecule has 1 aromatic carbocycles. The number of rotatable bonds is 4. The van der Waals surface area contributed by atoms with Crippen molar-refractivity contribution in [2.24, 2.45) is 0 Å². The first-order valence-electron chi connectivity index (χ1n) is 8.72. The molecule has 0 saturated carbocycles. The Morgan fingerprint density at radius 1 is 1.15 bits per heavy atom. The molecule has 1 atom stereocenters. The highest BCUT2D eigenvalue weighted by atomic mass is 16.6. The lowest BCUT2D eigenvalue weighted by Crippen LogP contribution is -2.62. The molecule has 0 aromatic heterocycles. The number of amides is 3. The van der Waals surface area contributed by atoms with Crippen LogP contribution in [0.2, 0.25) is 0 Å². The van der Waals surface area contributed by atoms with Crippen LogP contribution in [0, 0.1) is 0 Å². The van der Waals surface area contributed by atoms with E-state index in [0.29, 0.717) is 18.7 Å². The highest BCUT2D eigenvalue weighted by molar-refractivity contribution is 5.99. The van der Waals surface area contributed by atoms with Gasteiger partial charge in [0, 0.05) is 44.5 Å². The average molecular weight is 359 g/mol. The normalized spacial score (nSPS) is 23.4. The van der Waals surface area contributed by atoms with Crippen molar-refractivity contribution in [1.82, 2.24) is 9.80 Å². The molecule has 3 saturated heterocycles. The lowest BCUT2D eigenvalue weighted by Gasteiger charge is -2.42. The van der Waals surface area contributed by atoms with Crippen molar-refractivity contribution in [2.45, 2.75) is 18.6 Å². The standard InChI is InChI=1S/C18H21N3O5/c1-25-15-6-7-19(10-15)13-4-2-12(3-5-13)17(23)20-8-14(9-20)21-16(22)11-26-18(21)24/h2-5,14-15H,6-11H2,1H3. The Morgan fingerprint density at radius 2 is 1.88 bits per heavy atom. The highest BCUT2D eigenvalue weighted by Gasteiger charge is 2.44. The Hall–Kier alpha value is -2.61. The van der Waals surface area contributed by atoms with Crippen LogP contribution in [0.15, 0.2) is 24.3 Å². The van der Waals surface area contributed by atoms with Crippen LogP contribution in [0.25, 0.3) is 0 Å². The third kappa shape index (κ3) is 2.90. The number of anilines is 1. The van der Waals surface area contributed by atoms with E-state index in [-0.39, 0.29) is 30.6 Å². The predicted molar refractivity (Wildman–Crippen MR) is 92.0 cm³/mol. The fraction of sp³-hybridized carbons (Fsp3) is 0.500. The zero-order valence-electron chi connectivity index (χ0n) is 14.6. The molecule has 0 radical (unpaired) electrons. The number of likely N-dealkylation sites (tertiary alicyclic amines) is 1. The second kappa shape index (κ2) is 6.60. The van der Waals surface area contributed by atoms with Crippen LogP contribution in [-0.4, -0.2) is 79.7 Å². The van der Waals surface area contributed by atoms with E-state index >= 15 is 0 Å². The van der Waals surface area contributed by atoms with Crippen molar-refractivity contribution in [2.75, 3.05) is 44.8 Å². The van der Waals surface area contributed by atoms with E-state index in [1.165, 1.54) is 0 Å². The molecule has 26 heavy (non-hydrogen) atoms. The summed E-state index contributed by atoms with van der Waals surface area (Å²) >= 11 is 0. The number of methoxy groups -OCH3 is 1. The first kappa shape index (κ1) is 16.8. The van der Waals surface area contributed by atoms with Crippen molar-refractivity contribution in [1.29, 1.82) is 0 Å². The third-order valence-corrected chi connectivity index (χ3v) is 5.26. The number of nitrogens with zero attached hydrogens (tertiary/aromatic N) is 3. The molecule has 0 N–H and O–H groups in total. The molecule has 1 aromatic rings. The van der Waals surface area contributed by atoms with Gasteiger partial charge in [-0.25, -0.2) is 9.69 Å². The molecule has 3 heterocycles. The zero-order valence-corrected chi connectivity index (χ0v) is 14.6. The number of imide groups is 1. The molecule has 0 aliphatic carbocycles. The molecular weight excluding hydrogens is 338 g/mol. The van der Waals surface area contributed by atoms with Crippen LogP contribution in [-0.2, 0) is 14.3 Å². The summed E-state index contributed by atoms with van der Waals surface area (Å²) in [6, 6.07) is 7.26. The maximum atomic E-state index is 12.6. The summed E-state index contributed by atoms with van der Waals surface area (Å²) in [5, 5.41) is 0. The number of benzene rings is 1. The van der Waals surface area contributed by atoms with Gasteiger partial charge in [-0.15, -0.1) is 0 Å². The summed E-state index contributed by atoms with van der Waals surface area (Å²) < 4.78 is 10.1. The number of carbonyl (C=O) groups is 3. The Morgan fingerprint density at radius 3 is 2.46 bits per heavy atom. The summed E-state index contributed by atoms with van der Waals surface area (Å²) in [6.45, 7) is 2.30. The van der Waals surface area contributed by atoms with Crippen molar-refractivity contribution < 1.29 is 23.9 Å². The first-order chi connectivity index (χ1) is 12.6. The number of hydrogen-bond donors (Lipinski definition) is 0. The molecule has 138 valence electrons. The van der Waals surface area contributed by atoms with E-state index in [4.69, 9.17) is 9.47 Å². The van der Waals surface area contributed by atoms with Gasteiger partial charge in [0.15, 0.2) is 6.61 Å². The topological polar surface area (TPSA) is 79.4 Å². The molecule has 3 fully saturated rings. The monoisotopic (exact) mass is 359 g/mol. The van der Waals surface area contributed by atoms with E-state index in [0.717, 1.165) is 30.1 Å². The van der Waals surface area contributed by atoms with Crippen LogP contribution in [0.1, 0.15) is 16.8 Å². The lowest BCUT2D eigenvalue weighted by atomic mass is 10.0. The molecular formula is C18H21N3O5. The fourth-order valence-electron chi connectivity index (χ4n) is 3.65. The van der Waals surface area contributed by atoms with Crippen LogP contribution < -0.4 is 4.90 Å². The van der Waals surface area contributed by atoms with Crippen molar-refractivity contribution >= 4 is 23.6 Å². The van der Waals surface area contributed by atoms with Crippen LogP contribution in [0.4, 0.5) is 10.5 Å². The molecule has 8 nitrogen and oxygen atoms in total. The highest BCUT2D eigenvalue weighted by Crippen LogP contribution is 2.25. The van der Waals surface area contributed by atoms with Gasteiger partial charge in [0.25, 0.3) is 11.8 Å². The number of hydrogen-bond acceptors (Lipinski definition) is 6. The van der Waals surface area contributed by atoms with Gasteiger partial charge in [-0.3, -0.25) is 9.59 Å². The molecule has 3 amide bonds. The molecule has 0 bridgehead atoms. The predicted octanol–water partition coefficient (Wildman–Crippen LogP) is 0.715. The molecule has 4 rings (SSSR count). The van der Waals surface area contributed by atoms with Gasteiger partial charge in [-0.05, 0) is 30.7 Å². The Kier molecular flexibility index (Phi) is 4.28. The van der Waals surface area contributed by atoms with Gasteiger partial charge in [0.2, 0.25) is 0 Å². The van der Waals surface area contributed by atoms with Crippen molar-refractivity contribution in [3.05, 3.63) is 29.8 Å². The van der Waals surface area contributed by atoms with Crippen molar-refractivity contribution in [3.63, 3.8) is 0 Å². The lowest BCUT2D eigenvalue weighted by molar-refractivity contribution is -0.129. The zero-order chi connectivity index (χ0) is 18.3. The number of cyclic esters (lactones) is 1. The summed E-state index contributed by atoms with van der Waals surface area (Å²) in [5.41, 5.74) is 1.68. The van der Waals surface area contributed by atoms with Crippen LogP contribution in [0.3, 0.4) is 0 Å². The van der Waals surface area contributed by atoms with E-state index < -0.39 is 6.09 Å². The number of carbonyl (C=O) groups excluding carboxylic acids is 3. The maximum Gasteiger partial charge on any atom is 0.417 e. The summed E-state index contributed by atoms with van der Waals surface area (Å²) in [6.07, 6.45) is 0.648. The minimum absolute atomic E-state index is 0.0935. The van der Waals surface area contributed by atoms with Crippen LogP contribution >= 0.6 is 0 Å². The van der Waals surface area contributed by atoms with Gasteiger partial charge >= 0.3 is 6.09 Å². The smallest absolute Gasteiger partial charge is 0.417 e. The maximum absolute atomic E-state index is 12.6. The van der Waals surface area contributed by atoms with E-state index in [2.05, 4.69) is 4.90 Å². The summed E-state index contributed by atoms with van der Waals surface area (Å²) in [7, 11) is 1.73. The van der Waals surface area contributed by atoms with Crippen molar-refractivity contribution in [3.8, 4) is 0 Å². The quantitative estimate of drug-likeness (QED) is 0.788. The van der Waals surface area contributed by atoms with Gasteiger partial charge in [0.05, 0.1) is 12.1 Å². The molecule has 3 aliphatic heterocycles. The second-order valence-electron chi connectivity index (χ2n) is 6.82. The first-order valence-corrected chi connectivity index (χ1v) is 8.72. The average Bonchev–Trinajstić information content (AvgIpc) is 3.22.